The number of hydrogen-bond donors (Lipinski definition) is 1. The van der Waals surface area contributed by atoms with Gasteiger partial charge in [0.2, 0.25) is 0 Å². The van der Waals surface area contributed by atoms with Crippen LogP contribution < -0.4 is 5.32 Å². The van der Waals surface area contributed by atoms with Crippen LogP contribution in [0.2, 0.25) is 0 Å². The molecule has 0 bridgehead atoms. The van der Waals surface area contributed by atoms with Gasteiger partial charge in [-0.05, 0) is 31.6 Å². The number of thioether (sulfide) groups is 1. The van der Waals surface area contributed by atoms with Crippen LogP contribution in [0, 0.1) is 6.92 Å². The van der Waals surface area contributed by atoms with E-state index in [2.05, 4.69) is 55.2 Å². The van der Waals surface area contributed by atoms with E-state index in [1.54, 1.807) is 0 Å². The molecule has 0 aromatic heterocycles. The van der Waals surface area contributed by atoms with E-state index in [1.807, 2.05) is 0 Å². The van der Waals surface area contributed by atoms with Crippen molar-refractivity contribution in [3.05, 3.63) is 35.4 Å². The summed E-state index contributed by atoms with van der Waals surface area (Å²) in [4.78, 5) is 0. The van der Waals surface area contributed by atoms with E-state index in [9.17, 15) is 0 Å². The molecule has 0 amide bonds. The third-order valence-electron chi connectivity index (χ3n) is 2.96. The van der Waals surface area contributed by atoms with Crippen LogP contribution in [0.4, 0.5) is 0 Å². The SMILES string of the molecule is Cc1cccc([C@@H](C)NC2CCSC2)c1. The minimum atomic E-state index is 0.480. The molecule has 1 saturated heterocycles. The molecule has 1 nitrogen and oxygen atoms in total. The summed E-state index contributed by atoms with van der Waals surface area (Å²) in [6.07, 6.45) is 1.32. The molecule has 1 aliphatic heterocycles. The highest BCUT2D eigenvalue weighted by atomic mass is 32.2. The second-order valence-electron chi connectivity index (χ2n) is 4.36. The van der Waals surface area contributed by atoms with Gasteiger partial charge in [0.25, 0.3) is 0 Å². The molecule has 15 heavy (non-hydrogen) atoms. The lowest BCUT2D eigenvalue weighted by Gasteiger charge is -2.19. The summed E-state index contributed by atoms with van der Waals surface area (Å²) in [5.74, 6) is 2.59. The van der Waals surface area contributed by atoms with Crippen molar-refractivity contribution < 1.29 is 0 Å². The van der Waals surface area contributed by atoms with Gasteiger partial charge in [-0.15, -0.1) is 0 Å². The molecule has 0 spiro atoms. The highest BCUT2D eigenvalue weighted by Gasteiger charge is 2.17. The topological polar surface area (TPSA) is 12.0 Å². The summed E-state index contributed by atoms with van der Waals surface area (Å²) in [5, 5.41) is 3.70. The minimum Gasteiger partial charge on any atom is -0.307 e. The summed E-state index contributed by atoms with van der Waals surface area (Å²) in [6, 6.07) is 9.99. The molecule has 1 aromatic carbocycles. The number of rotatable bonds is 3. The maximum atomic E-state index is 3.70. The van der Waals surface area contributed by atoms with Crippen molar-refractivity contribution in [2.75, 3.05) is 11.5 Å². The van der Waals surface area contributed by atoms with Crippen LogP contribution in [-0.4, -0.2) is 17.5 Å². The van der Waals surface area contributed by atoms with E-state index in [-0.39, 0.29) is 0 Å². The Bertz CT molecular complexity index is 318. The molecule has 0 radical (unpaired) electrons. The Morgan fingerprint density at radius 2 is 2.33 bits per heavy atom. The van der Waals surface area contributed by atoms with Gasteiger partial charge in [0.05, 0.1) is 0 Å². The molecular weight excluding hydrogens is 202 g/mol. The smallest absolute Gasteiger partial charge is 0.0294 e. The first-order chi connectivity index (χ1) is 7.25. The normalized spacial score (nSPS) is 22.9. The summed E-state index contributed by atoms with van der Waals surface area (Å²) >= 11 is 2.06. The molecule has 0 aliphatic carbocycles. The first-order valence-corrected chi connectivity index (χ1v) is 6.81. The molecule has 2 atom stereocenters. The van der Waals surface area contributed by atoms with Crippen molar-refractivity contribution in [2.45, 2.75) is 32.4 Å². The number of aryl methyl sites for hydroxylation is 1. The fourth-order valence-corrected chi connectivity index (χ4v) is 3.22. The highest BCUT2D eigenvalue weighted by Crippen LogP contribution is 2.21. The Kier molecular flexibility index (Phi) is 3.71. The van der Waals surface area contributed by atoms with Crippen molar-refractivity contribution in [3.63, 3.8) is 0 Å². The fraction of sp³-hybridized carbons (Fsp3) is 0.538. The van der Waals surface area contributed by atoms with Crippen molar-refractivity contribution >= 4 is 11.8 Å². The molecule has 1 aromatic rings. The van der Waals surface area contributed by atoms with Crippen molar-refractivity contribution in [2.24, 2.45) is 0 Å². The standard InChI is InChI=1S/C13H19NS/c1-10-4-3-5-12(8-10)11(2)14-13-6-7-15-9-13/h3-5,8,11,13-14H,6-7,9H2,1-2H3/t11-,13?/m1/s1. The first-order valence-electron chi connectivity index (χ1n) is 5.66. The molecule has 82 valence electrons. The van der Waals surface area contributed by atoms with Crippen LogP contribution in [0.25, 0.3) is 0 Å². The second-order valence-corrected chi connectivity index (χ2v) is 5.51. The quantitative estimate of drug-likeness (QED) is 0.841. The summed E-state index contributed by atoms with van der Waals surface area (Å²) < 4.78 is 0. The average Bonchev–Trinajstić information content (AvgIpc) is 2.70. The average molecular weight is 221 g/mol. The van der Waals surface area contributed by atoms with E-state index in [4.69, 9.17) is 0 Å². The molecule has 2 rings (SSSR count). The van der Waals surface area contributed by atoms with Crippen molar-refractivity contribution in [3.8, 4) is 0 Å². The molecule has 2 heteroatoms. The van der Waals surface area contributed by atoms with Gasteiger partial charge in [0, 0.05) is 17.8 Å². The van der Waals surface area contributed by atoms with Crippen LogP contribution >= 0.6 is 11.8 Å². The molecule has 1 unspecified atom stereocenters. The van der Waals surface area contributed by atoms with E-state index in [1.165, 1.54) is 29.1 Å². The van der Waals surface area contributed by atoms with Gasteiger partial charge in [-0.2, -0.15) is 11.8 Å². The monoisotopic (exact) mass is 221 g/mol. The Labute approximate surface area is 96.7 Å². The predicted molar refractivity (Wildman–Crippen MR) is 68.5 cm³/mol. The molecule has 0 saturated carbocycles. The number of hydrogen-bond acceptors (Lipinski definition) is 2. The van der Waals surface area contributed by atoms with Gasteiger partial charge in [-0.1, -0.05) is 29.8 Å². The molecule has 1 fully saturated rings. The number of nitrogens with one attached hydrogen (secondary N) is 1. The minimum absolute atomic E-state index is 0.480. The van der Waals surface area contributed by atoms with Gasteiger partial charge < -0.3 is 5.32 Å². The lowest BCUT2D eigenvalue weighted by molar-refractivity contribution is 0.486. The zero-order valence-corrected chi connectivity index (χ0v) is 10.3. The third kappa shape index (κ3) is 2.99. The molecule has 1 N–H and O–H groups in total. The predicted octanol–water partition coefficient (Wildman–Crippen LogP) is 3.15. The van der Waals surface area contributed by atoms with Crippen LogP contribution in [0.1, 0.15) is 30.5 Å². The molecule has 1 aliphatic rings. The molecule has 1 heterocycles. The van der Waals surface area contributed by atoms with Crippen LogP contribution in [0.3, 0.4) is 0 Å². The van der Waals surface area contributed by atoms with E-state index >= 15 is 0 Å². The maximum absolute atomic E-state index is 3.70. The zero-order valence-electron chi connectivity index (χ0n) is 9.49. The van der Waals surface area contributed by atoms with Gasteiger partial charge in [-0.3, -0.25) is 0 Å². The molecular formula is C13H19NS. The first kappa shape index (κ1) is 11.0. The second kappa shape index (κ2) is 5.04. The Morgan fingerprint density at radius 3 is 3.00 bits per heavy atom. The Hall–Kier alpha value is -0.470. The van der Waals surface area contributed by atoms with E-state index in [0.29, 0.717) is 12.1 Å². The Balaban J connectivity index is 1.97. The maximum Gasteiger partial charge on any atom is 0.0294 e. The zero-order chi connectivity index (χ0) is 10.7. The van der Waals surface area contributed by atoms with E-state index in [0.717, 1.165) is 0 Å². The van der Waals surface area contributed by atoms with Gasteiger partial charge in [0.15, 0.2) is 0 Å². The Morgan fingerprint density at radius 1 is 1.47 bits per heavy atom. The van der Waals surface area contributed by atoms with Crippen LogP contribution in [-0.2, 0) is 0 Å². The van der Waals surface area contributed by atoms with Crippen LogP contribution in [0.5, 0.6) is 0 Å². The fourth-order valence-electron chi connectivity index (χ4n) is 2.06. The lowest BCUT2D eigenvalue weighted by Crippen LogP contribution is -2.31. The summed E-state index contributed by atoms with van der Waals surface area (Å²) in [5.41, 5.74) is 2.76. The van der Waals surface area contributed by atoms with Crippen LogP contribution in [0.15, 0.2) is 24.3 Å². The third-order valence-corrected chi connectivity index (χ3v) is 4.12. The van der Waals surface area contributed by atoms with Gasteiger partial charge >= 0.3 is 0 Å². The summed E-state index contributed by atoms with van der Waals surface area (Å²) in [6.45, 7) is 4.42. The highest BCUT2D eigenvalue weighted by molar-refractivity contribution is 7.99. The van der Waals surface area contributed by atoms with Crippen molar-refractivity contribution in [1.82, 2.24) is 5.32 Å². The van der Waals surface area contributed by atoms with Gasteiger partial charge in [-0.25, -0.2) is 0 Å². The summed E-state index contributed by atoms with van der Waals surface area (Å²) in [7, 11) is 0. The van der Waals surface area contributed by atoms with Gasteiger partial charge in [0.1, 0.15) is 0 Å². The van der Waals surface area contributed by atoms with E-state index < -0.39 is 0 Å². The largest absolute Gasteiger partial charge is 0.307 e. The van der Waals surface area contributed by atoms with Crippen molar-refractivity contribution in [1.29, 1.82) is 0 Å². The lowest BCUT2D eigenvalue weighted by atomic mass is 10.0. The number of benzene rings is 1.